The molecule has 4 N–H and O–H groups in total. The smallest absolute Gasteiger partial charge is 0.336 e. The van der Waals surface area contributed by atoms with Gasteiger partial charge in [-0.2, -0.15) is 0 Å². The molecule has 1 atom stereocenters. The minimum atomic E-state index is -1.30. The number of hydrogen-bond acceptors (Lipinski definition) is 3. The fourth-order valence-corrected chi connectivity index (χ4v) is 2.32. The van der Waals surface area contributed by atoms with Crippen LogP contribution < -0.4 is 5.73 Å². The molecule has 0 saturated heterocycles. The number of rotatable bonds is 2. The van der Waals surface area contributed by atoms with E-state index in [1.54, 1.807) is 13.0 Å². The lowest BCUT2D eigenvalue weighted by Crippen LogP contribution is -2.32. The van der Waals surface area contributed by atoms with Crippen LogP contribution in [0.25, 0.3) is 0 Å². The predicted octanol–water partition coefficient (Wildman–Crippen LogP) is 1.06. The standard InChI is InChI=1S/C10H10INO4/c1-10(12)3-5(11)2-6(8(13)14)7(4-10)9(15)16/h2-4H,12H2,1H3,(H,13,14)(H,15,16). The van der Waals surface area contributed by atoms with Gasteiger partial charge in [0.25, 0.3) is 0 Å². The molecule has 0 heterocycles. The summed E-state index contributed by atoms with van der Waals surface area (Å²) in [6, 6.07) is 0. The summed E-state index contributed by atoms with van der Waals surface area (Å²) in [5, 5.41) is 17.9. The fraction of sp³-hybridized carbons (Fsp3) is 0.200. The Hall–Kier alpha value is -1.15. The predicted molar refractivity (Wildman–Crippen MR) is 66.1 cm³/mol. The summed E-state index contributed by atoms with van der Waals surface area (Å²) in [6.07, 6.45) is 4.13. The van der Waals surface area contributed by atoms with Crippen molar-refractivity contribution in [1.29, 1.82) is 0 Å². The van der Waals surface area contributed by atoms with Gasteiger partial charge < -0.3 is 15.9 Å². The lowest BCUT2D eigenvalue weighted by atomic mass is 9.98. The lowest BCUT2D eigenvalue weighted by molar-refractivity contribution is -0.136. The van der Waals surface area contributed by atoms with Crippen LogP contribution in [-0.4, -0.2) is 27.7 Å². The van der Waals surface area contributed by atoms with Gasteiger partial charge in [0.1, 0.15) is 0 Å². The highest BCUT2D eigenvalue weighted by Gasteiger charge is 2.26. The van der Waals surface area contributed by atoms with Gasteiger partial charge >= 0.3 is 11.9 Å². The van der Waals surface area contributed by atoms with E-state index in [0.717, 1.165) is 0 Å². The van der Waals surface area contributed by atoms with Gasteiger partial charge in [-0.05, 0) is 47.7 Å². The Balaban J connectivity index is 3.41. The topological polar surface area (TPSA) is 101 Å². The van der Waals surface area contributed by atoms with Gasteiger partial charge in [0, 0.05) is 3.58 Å². The number of nitrogens with two attached hydrogens (primary N) is 1. The molecule has 0 aromatic heterocycles. The second-order valence-electron chi connectivity index (χ2n) is 3.62. The maximum absolute atomic E-state index is 11.0. The third-order valence-corrected chi connectivity index (χ3v) is 2.56. The van der Waals surface area contributed by atoms with Crippen molar-refractivity contribution in [3.63, 3.8) is 0 Å². The first-order chi connectivity index (χ1) is 7.23. The van der Waals surface area contributed by atoms with Crippen molar-refractivity contribution >= 4 is 34.5 Å². The van der Waals surface area contributed by atoms with E-state index in [1.807, 2.05) is 22.6 Å². The first-order valence-electron chi connectivity index (χ1n) is 4.32. The van der Waals surface area contributed by atoms with Gasteiger partial charge in [0.05, 0.1) is 16.7 Å². The molecule has 1 unspecified atom stereocenters. The minimum absolute atomic E-state index is 0.262. The average molecular weight is 335 g/mol. The number of aliphatic carboxylic acids is 2. The number of carboxylic acids is 2. The van der Waals surface area contributed by atoms with E-state index in [9.17, 15) is 9.59 Å². The van der Waals surface area contributed by atoms with Crippen LogP contribution in [0.15, 0.2) is 33.0 Å². The number of carbonyl (C=O) groups is 2. The van der Waals surface area contributed by atoms with E-state index < -0.39 is 17.5 Å². The molecule has 1 rings (SSSR count). The Kier molecular flexibility index (Phi) is 3.54. The highest BCUT2D eigenvalue weighted by molar-refractivity contribution is 14.1. The summed E-state index contributed by atoms with van der Waals surface area (Å²) < 4.78 is 0.590. The summed E-state index contributed by atoms with van der Waals surface area (Å²) in [4.78, 5) is 21.9. The van der Waals surface area contributed by atoms with Gasteiger partial charge in [0.2, 0.25) is 0 Å². The van der Waals surface area contributed by atoms with Gasteiger partial charge in [-0.15, -0.1) is 0 Å². The number of hydrogen-bond donors (Lipinski definition) is 3. The minimum Gasteiger partial charge on any atom is -0.478 e. The van der Waals surface area contributed by atoms with E-state index >= 15 is 0 Å². The Bertz CT molecular complexity index is 446. The number of halogens is 1. The van der Waals surface area contributed by atoms with Crippen LogP contribution in [0.5, 0.6) is 0 Å². The zero-order chi connectivity index (χ0) is 12.5. The molecule has 0 aromatic rings. The molecule has 0 radical (unpaired) electrons. The molecule has 16 heavy (non-hydrogen) atoms. The van der Waals surface area contributed by atoms with E-state index in [0.29, 0.717) is 3.58 Å². The largest absolute Gasteiger partial charge is 0.478 e. The zero-order valence-electron chi connectivity index (χ0n) is 8.40. The number of carboxylic acid groups (broad SMARTS) is 2. The van der Waals surface area contributed by atoms with Gasteiger partial charge in [-0.3, -0.25) is 0 Å². The average Bonchev–Trinajstić information content (AvgIpc) is 2.20. The zero-order valence-corrected chi connectivity index (χ0v) is 10.6. The van der Waals surface area contributed by atoms with Crippen molar-refractivity contribution in [2.75, 3.05) is 0 Å². The molecule has 0 aliphatic heterocycles. The van der Waals surface area contributed by atoms with E-state index in [2.05, 4.69) is 0 Å². The molecule has 1 aliphatic carbocycles. The maximum atomic E-state index is 11.0. The summed E-state index contributed by atoms with van der Waals surface area (Å²) in [5.74, 6) is -2.58. The molecule has 0 aromatic carbocycles. The fourth-order valence-electron chi connectivity index (χ4n) is 1.34. The summed E-state index contributed by atoms with van der Waals surface area (Å²) in [5.41, 5.74) is 4.28. The van der Waals surface area contributed by atoms with Crippen molar-refractivity contribution < 1.29 is 19.8 Å². The van der Waals surface area contributed by atoms with Crippen molar-refractivity contribution in [1.82, 2.24) is 0 Å². The molecule has 5 nitrogen and oxygen atoms in total. The van der Waals surface area contributed by atoms with Crippen molar-refractivity contribution in [3.05, 3.63) is 33.0 Å². The summed E-state index contributed by atoms with van der Waals surface area (Å²) in [7, 11) is 0. The second-order valence-corrected chi connectivity index (χ2v) is 4.87. The molecule has 0 fully saturated rings. The number of allylic oxidation sites excluding steroid dienone is 2. The van der Waals surface area contributed by atoms with Crippen LogP contribution in [-0.2, 0) is 9.59 Å². The van der Waals surface area contributed by atoms with Crippen LogP contribution >= 0.6 is 22.6 Å². The Morgan fingerprint density at radius 1 is 1.25 bits per heavy atom. The third kappa shape index (κ3) is 2.92. The van der Waals surface area contributed by atoms with Gasteiger partial charge in [-0.25, -0.2) is 9.59 Å². The molecule has 1 aliphatic rings. The third-order valence-electron chi connectivity index (χ3n) is 1.94. The molecule has 0 saturated carbocycles. The SMILES string of the molecule is CC1(N)C=C(I)C=C(C(=O)O)C(C(=O)O)=C1. The molecule has 0 amide bonds. The molecular weight excluding hydrogens is 325 g/mol. The first-order valence-corrected chi connectivity index (χ1v) is 5.39. The van der Waals surface area contributed by atoms with E-state index in [1.165, 1.54) is 12.2 Å². The van der Waals surface area contributed by atoms with Gasteiger partial charge in [-0.1, -0.05) is 0 Å². The maximum Gasteiger partial charge on any atom is 0.336 e. The quantitative estimate of drug-likeness (QED) is 0.655. The van der Waals surface area contributed by atoms with Gasteiger partial charge in [0.15, 0.2) is 0 Å². The molecular formula is C10H10INO4. The summed E-state index contributed by atoms with van der Waals surface area (Å²) in [6.45, 7) is 1.60. The van der Waals surface area contributed by atoms with E-state index in [4.69, 9.17) is 15.9 Å². The highest BCUT2D eigenvalue weighted by atomic mass is 127. The molecule has 0 bridgehead atoms. The molecule has 6 heteroatoms. The van der Waals surface area contributed by atoms with Crippen LogP contribution in [0.4, 0.5) is 0 Å². The monoisotopic (exact) mass is 335 g/mol. The van der Waals surface area contributed by atoms with Crippen LogP contribution in [0, 0.1) is 0 Å². The Labute approximate surface area is 105 Å². The van der Waals surface area contributed by atoms with E-state index in [-0.39, 0.29) is 11.1 Å². The Morgan fingerprint density at radius 2 is 1.75 bits per heavy atom. The van der Waals surface area contributed by atoms with Crippen molar-refractivity contribution in [2.24, 2.45) is 5.73 Å². The highest BCUT2D eigenvalue weighted by Crippen LogP contribution is 2.26. The first kappa shape index (κ1) is 12.9. The van der Waals surface area contributed by atoms with Crippen LogP contribution in [0.1, 0.15) is 6.92 Å². The van der Waals surface area contributed by atoms with Crippen LogP contribution in [0.2, 0.25) is 0 Å². The van der Waals surface area contributed by atoms with Crippen molar-refractivity contribution in [2.45, 2.75) is 12.5 Å². The van der Waals surface area contributed by atoms with Crippen molar-refractivity contribution in [3.8, 4) is 0 Å². The summed E-state index contributed by atoms with van der Waals surface area (Å²) >= 11 is 1.90. The molecule has 0 spiro atoms. The lowest BCUT2D eigenvalue weighted by Gasteiger charge is -2.15. The normalized spacial score (nSPS) is 25.1. The Morgan fingerprint density at radius 3 is 2.19 bits per heavy atom. The molecule has 86 valence electrons. The van der Waals surface area contributed by atoms with Crippen LogP contribution in [0.3, 0.4) is 0 Å². The second kappa shape index (κ2) is 4.38.